The lowest BCUT2D eigenvalue weighted by molar-refractivity contribution is -0.119. The van der Waals surface area contributed by atoms with Gasteiger partial charge in [0.2, 0.25) is 0 Å². The number of amides is 1. The van der Waals surface area contributed by atoms with Gasteiger partial charge in [0.05, 0.1) is 5.02 Å². The molecule has 0 saturated carbocycles. The van der Waals surface area contributed by atoms with Crippen LogP contribution in [0.25, 0.3) is 10.8 Å². The highest BCUT2D eigenvalue weighted by molar-refractivity contribution is 6.31. The van der Waals surface area contributed by atoms with E-state index in [0.717, 1.165) is 11.5 Å². The number of hydrogen-bond acceptors (Lipinski definition) is 4. The number of benzene rings is 3. The zero-order valence-corrected chi connectivity index (χ0v) is 14.1. The second-order valence-corrected chi connectivity index (χ2v) is 5.84. The first kappa shape index (κ1) is 17.7. The first-order chi connectivity index (χ1) is 12.5. The second kappa shape index (κ2) is 7.41. The molecule has 0 radical (unpaired) electrons. The van der Waals surface area contributed by atoms with Gasteiger partial charge in [0, 0.05) is 11.1 Å². The Labute approximate surface area is 153 Å². The lowest BCUT2D eigenvalue weighted by Gasteiger charge is -2.09. The highest BCUT2D eigenvalue weighted by Gasteiger charge is 2.16. The van der Waals surface area contributed by atoms with Gasteiger partial charge < -0.3 is 15.2 Å². The summed E-state index contributed by atoms with van der Waals surface area (Å²) in [5, 5.41) is 13.8. The fourth-order valence-corrected chi connectivity index (χ4v) is 2.58. The molecule has 3 aromatic rings. The third-order valence-corrected chi connectivity index (χ3v) is 3.95. The van der Waals surface area contributed by atoms with E-state index >= 15 is 0 Å². The molecule has 0 unspecified atom stereocenters. The third-order valence-electron chi connectivity index (χ3n) is 3.66. The predicted molar refractivity (Wildman–Crippen MR) is 95.9 cm³/mol. The molecule has 0 bridgehead atoms. The van der Waals surface area contributed by atoms with Crippen LogP contribution in [0.3, 0.4) is 0 Å². The lowest BCUT2D eigenvalue weighted by atomic mass is 10.1. The minimum atomic E-state index is -0.833. The van der Waals surface area contributed by atoms with E-state index in [-0.39, 0.29) is 22.0 Å². The summed E-state index contributed by atoms with van der Waals surface area (Å²) in [5.74, 6) is -2.27. The van der Waals surface area contributed by atoms with Gasteiger partial charge in [0.25, 0.3) is 5.91 Å². The predicted octanol–water partition coefficient (Wildman–Crippen LogP) is 4.13. The Kier molecular flexibility index (Phi) is 5.04. The molecule has 0 aliphatic carbocycles. The summed E-state index contributed by atoms with van der Waals surface area (Å²) in [6.07, 6.45) is 0. The van der Waals surface area contributed by atoms with Gasteiger partial charge in [-0.15, -0.1) is 0 Å². The Morgan fingerprint density at radius 3 is 2.65 bits per heavy atom. The summed E-state index contributed by atoms with van der Waals surface area (Å²) >= 11 is 5.63. The number of hydrogen-bond donors (Lipinski definition) is 2. The summed E-state index contributed by atoms with van der Waals surface area (Å²) < 4.78 is 18.0. The molecule has 0 aliphatic rings. The highest BCUT2D eigenvalue weighted by Crippen LogP contribution is 2.29. The topological polar surface area (TPSA) is 75.6 Å². The summed E-state index contributed by atoms with van der Waals surface area (Å²) in [6, 6.07) is 13.8. The van der Waals surface area contributed by atoms with Crippen molar-refractivity contribution in [1.29, 1.82) is 0 Å². The maximum Gasteiger partial charge on any atom is 0.342 e. The molecule has 0 fully saturated rings. The molecular formula is C19H13ClFNO4. The zero-order chi connectivity index (χ0) is 18.7. The highest BCUT2D eigenvalue weighted by atomic mass is 35.5. The van der Waals surface area contributed by atoms with Crippen LogP contribution in [0.4, 0.5) is 10.1 Å². The van der Waals surface area contributed by atoms with E-state index in [9.17, 15) is 19.1 Å². The van der Waals surface area contributed by atoms with Crippen molar-refractivity contribution in [3.63, 3.8) is 0 Å². The average molecular weight is 374 g/mol. The van der Waals surface area contributed by atoms with Crippen LogP contribution >= 0.6 is 11.6 Å². The molecule has 1 amide bonds. The summed E-state index contributed by atoms with van der Waals surface area (Å²) in [4.78, 5) is 24.0. The van der Waals surface area contributed by atoms with E-state index in [2.05, 4.69) is 5.32 Å². The van der Waals surface area contributed by atoms with E-state index in [1.54, 1.807) is 24.3 Å². The van der Waals surface area contributed by atoms with Gasteiger partial charge in [-0.1, -0.05) is 41.9 Å². The quantitative estimate of drug-likeness (QED) is 0.674. The standard InChI is InChI=1S/C19H13ClFNO4/c20-15-9-12(6-8-16(15)21)22-17(23)10-26-19(25)14-7-5-11-3-1-2-4-13(11)18(14)24/h1-9,24H,10H2,(H,22,23). The SMILES string of the molecule is O=C(COC(=O)c1ccc2ccccc2c1O)Nc1ccc(F)c(Cl)c1. The van der Waals surface area contributed by atoms with E-state index in [0.29, 0.717) is 5.39 Å². The number of carbonyl (C=O) groups excluding carboxylic acids is 2. The van der Waals surface area contributed by atoms with Crippen LogP contribution in [0.1, 0.15) is 10.4 Å². The Hall–Kier alpha value is -3.12. The molecular weight excluding hydrogens is 361 g/mol. The summed E-state index contributed by atoms with van der Waals surface area (Å²) in [6.45, 7) is -0.569. The molecule has 0 aliphatic heterocycles. The van der Waals surface area contributed by atoms with Gasteiger partial charge in [0.1, 0.15) is 17.1 Å². The smallest absolute Gasteiger partial charge is 0.342 e. The van der Waals surface area contributed by atoms with Crippen LogP contribution in [-0.2, 0) is 9.53 Å². The number of nitrogens with one attached hydrogen (secondary N) is 1. The number of phenols is 1. The molecule has 3 rings (SSSR count). The monoisotopic (exact) mass is 373 g/mol. The number of aromatic hydroxyl groups is 1. The lowest BCUT2D eigenvalue weighted by Crippen LogP contribution is -2.21. The first-order valence-electron chi connectivity index (χ1n) is 7.58. The van der Waals surface area contributed by atoms with E-state index in [4.69, 9.17) is 16.3 Å². The molecule has 26 heavy (non-hydrogen) atoms. The van der Waals surface area contributed by atoms with Gasteiger partial charge in [-0.25, -0.2) is 9.18 Å². The summed E-state index contributed by atoms with van der Waals surface area (Å²) in [7, 11) is 0. The van der Waals surface area contributed by atoms with Gasteiger partial charge in [0.15, 0.2) is 6.61 Å². The van der Waals surface area contributed by atoms with Crippen molar-refractivity contribution in [3.05, 3.63) is 71.0 Å². The molecule has 0 spiro atoms. The number of phenolic OH excluding ortho intramolecular Hbond substituents is 1. The number of fused-ring (bicyclic) bond motifs is 1. The number of carbonyl (C=O) groups is 2. The Balaban J connectivity index is 1.66. The minimum absolute atomic E-state index is 0.0404. The molecule has 5 nitrogen and oxygen atoms in total. The second-order valence-electron chi connectivity index (χ2n) is 5.44. The van der Waals surface area contributed by atoms with Crippen molar-refractivity contribution < 1.29 is 23.8 Å². The number of halogens is 2. The molecule has 2 N–H and O–H groups in total. The summed E-state index contributed by atoms with van der Waals surface area (Å²) in [5.41, 5.74) is 0.229. The fraction of sp³-hybridized carbons (Fsp3) is 0.0526. The van der Waals surface area contributed by atoms with Gasteiger partial charge in [-0.2, -0.15) is 0 Å². The van der Waals surface area contributed by atoms with Gasteiger partial charge in [-0.3, -0.25) is 4.79 Å². The van der Waals surface area contributed by atoms with Crippen molar-refractivity contribution >= 4 is 39.9 Å². The molecule has 132 valence electrons. The van der Waals surface area contributed by atoms with Crippen molar-refractivity contribution in [2.24, 2.45) is 0 Å². The Bertz CT molecular complexity index is 1010. The third kappa shape index (κ3) is 3.75. The van der Waals surface area contributed by atoms with Crippen LogP contribution < -0.4 is 5.32 Å². The first-order valence-corrected chi connectivity index (χ1v) is 7.96. The maximum atomic E-state index is 13.1. The van der Waals surface area contributed by atoms with Crippen LogP contribution in [0.15, 0.2) is 54.6 Å². The number of ether oxygens (including phenoxy) is 1. The van der Waals surface area contributed by atoms with Gasteiger partial charge in [-0.05, 0) is 29.7 Å². The maximum absolute atomic E-state index is 13.1. The van der Waals surface area contributed by atoms with Crippen molar-refractivity contribution in [3.8, 4) is 5.75 Å². The van der Waals surface area contributed by atoms with Crippen molar-refractivity contribution in [2.45, 2.75) is 0 Å². The molecule has 3 aromatic carbocycles. The van der Waals surface area contributed by atoms with E-state index in [1.807, 2.05) is 6.07 Å². The number of anilines is 1. The Morgan fingerprint density at radius 1 is 1.12 bits per heavy atom. The van der Waals surface area contributed by atoms with Crippen molar-refractivity contribution in [2.75, 3.05) is 11.9 Å². The average Bonchev–Trinajstić information content (AvgIpc) is 2.63. The molecule has 0 aromatic heterocycles. The number of esters is 1. The minimum Gasteiger partial charge on any atom is -0.506 e. The molecule has 0 atom stereocenters. The fourth-order valence-electron chi connectivity index (χ4n) is 2.40. The molecule has 0 heterocycles. The molecule has 0 saturated heterocycles. The van der Waals surface area contributed by atoms with Crippen molar-refractivity contribution in [1.82, 2.24) is 0 Å². The van der Waals surface area contributed by atoms with E-state index in [1.165, 1.54) is 18.2 Å². The Morgan fingerprint density at radius 2 is 1.88 bits per heavy atom. The zero-order valence-electron chi connectivity index (χ0n) is 13.3. The normalized spacial score (nSPS) is 10.5. The van der Waals surface area contributed by atoms with E-state index < -0.39 is 24.3 Å². The van der Waals surface area contributed by atoms with Gasteiger partial charge >= 0.3 is 5.97 Å². The molecule has 7 heteroatoms. The van der Waals surface area contributed by atoms with Crippen LogP contribution in [0.2, 0.25) is 5.02 Å². The van der Waals surface area contributed by atoms with Crippen LogP contribution in [0.5, 0.6) is 5.75 Å². The van der Waals surface area contributed by atoms with Crippen LogP contribution in [0, 0.1) is 5.82 Å². The number of rotatable bonds is 4. The van der Waals surface area contributed by atoms with Crippen LogP contribution in [-0.4, -0.2) is 23.6 Å². The largest absolute Gasteiger partial charge is 0.506 e.